The first-order chi connectivity index (χ1) is 12.1. The zero-order valence-electron chi connectivity index (χ0n) is 13.5. The van der Waals surface area contributed by atoms with Crippen LogP contribution < -0.4 is 0 Å². The van der Waals surface area contributed by atoms with Gasteiger partial charge in [-0.15, -0.1) is 0 Å². The zero-order valence-corrected chi connectivity index (χ0v) is 14.2. The maximum atomic E-state index is 13.0. The van der Waals surface area contributed by atoms with Crippen LogP contribution in [-0.2, 0) is 0 Å². The molecule has 0 unspecified atom stereocenters. The van der Waals surface area contributed by atoms with Crippen molar-refractivity contribution in [1.82, 2.24) is 4.98 Å². The number of oxazole rings is 1. The molecule has 0 aliphatic carbocycles. The second-order valence-corrected chi connectivity index (χ2v) is 6.31. The largest absolute Gasteiger partial charge is 0.436 e. The number of carbonyl (C=O) groups is 1. The van der Waals surface area contributed by atoms with Crippen molar-refractivity contribution in [3.63, 3.8) is 0 Å². The summed E-state index contributed by atoms with van der Waals surface area (Å²) in [6.07, 6.45) is 0. The molecule has 0 radical (unpaired) electrons. The fraction of sp³-hybridized carbons (Fsp3) is 0.0476. The van der Waals surface area contributed by atoms with E-state index in [0.717, 1.165) is 11.1 Å². The molecule has 0 atom stereocenters. The second-order valence-electron chi connectivity index (χ2n) is 5.87. The predicted molar refractivity (Wildman–Crippen MR) is 99.1 cm³/mol. The van der Waals surface area contributed by atoms with Gasteiger partial charge in [-0.2, -0.15) is 0 Å². The van der Waals surface area contributed by atoms with Crippen LogP contribution in [0.5, 0.6) is 0 Å². The maximum Gasteiger partial charge on any atom is 0.228 e. The van der Waals surface area contributed by atoms with Gasteiger partial charge in [0.05, 0.1) is 0 Å². The highest BCUT2D eigenvalue weighted by Gasteiger charge is 2.19. The number of para-hydroxylation sites is 2. The molecule has 0 saturated heterocycles. The highest BCUT2D eigenvalue weighted by Crippen LogP contribution is 2.29. The van der Waals surface area contributed by atoms with Crippen LogP contribution >= 0.6 is 11.6 Å². The van der Waals surface area contributed by atoms with Gasteiger partial charge < -0.3 is 4.42 Å². The van der Waals surface area contributed by atoms with Gasteiger partial charge in [-0.05, 0) is 55.5 Å². The lowest BCUT2D eigenvalue weighted by molar-refractivity contribution is 0.103. The Kier molecular flexibility index (Phi) is 3.86. The summed E-state index contributed by atoms with van der Waals surface area (Å²) in [5.41, 5.74) is 4.28. The molecule has 122 valence electrons. The molecule has 1 heterocycles. The number of aryl methyl sites for hydroxylation is 1. The van der Waals surface area contributed by atoms with Crippen molar-refractivity contribution in [3.05, 3.63) is 88.4 Å². The Labute approximate surface area is 149 Å². The van der Waals surface area contributed by atoms with Crippen molar-refractivity contribution < 1.29 is 9.21 Å². The van der Waals surface area contributed by atoms with Gasteiger partial charge >= 0.3 is 0 Å². The summed E-state index contributed by atoms with van der Waals surface area (Å²) >= 11 is 5.92. The minimum absolute atomic E-state index is 0.0855. The van der Waals surface area contributed by atoms with E-state index >= 15 is 0 Å². The number of hydrogen-bond acceptors (Lipinski definition) is 3. The van der Waals surface area contributed by atoms with Crippen LogP contribution in [-0.4, -0.2) is 10.8 Å². The molecule has 0 saturated carbocycles. The summed E-state index contributed by atoms with van der Waals surface area (Å²) < 4.78 is 5.86. The fourth-order valence-corrected chi connectivity index (χ4v) is 2.90. The van der Waals surface area contributed by atoms with Crippen molar-refractivity contribution in [2.75, 3.05) is 0 Å². The standard InChI is InChI=1S/C21H14ClNO2/c1-13-6-11-16(21-23-18-4-2-3-5-19(18)25-21)17(12-13)20(24)14-7-9-15(22)10-8-14/h2-12H,1H3. The van der Waals surface area contributed by atoms with E-state index in [2.05, 4.69) is 4.98 Å². The van der Waals surface area contributed by atoms with Gasteiger partial charge in [0.2, 0.25) is 5.89 Å². The van der Waals surface area contributed by atoms with E-state index in [-0.39, 0.29) is 5.78 Å². The lowest BCUT2D eigenvalue weighted by atomic mass is 9.96. The Morgan fingerprint density at radius 3 is 2.52 bits per heavy atom. The average molecular weight is 348 g/mol. The monoisotopic (exact) mass is 347 g/mol. The lowest BCUT2D eigenvalue weighted by Gasteiger charge is -2.07. The van der Waals surface area contributed by atoms with Crippen molar-refractivity contribution in [2.45, 2.75) is 6.92 Å². The number of hydrogen-bond donors (Lipinski definition) is 0. The molecule has 0 bridgehead atoms. The number of fused-ring (bicyclic) bond motifs is 1. The number of rotatable bonds is 3. The van der Waals surface area contributed by atoms with Gasteiger partial charge in [-0.25, -0.2) is 4.98 Å². The second kappa shape index (κ2) is 6.19. The van der Waals surface area contributed by atoms with E-state index in [0.29, 0.717) is 33.2 Å². The summed E-state index contributed by atoms with van der Waals surface area (Å²) in [6.45, 7) is 1.95. The minimum atomic E-state index is -0.0855. The third kappa shape index (κ3) is 2.94. The zero-order chi connectivity index (χ0) is 17.4. The molecule has 3 nitrogen and oxygen atoms in total. The molecule has 4 rings (SSSR count). The first-order valence-corrected chi connectivity index (χ1v) is 8.26. The molecule has 4 aromatic rings. The normalized spacial score (nSPS) is 11.0. The van der Waals surface area contributed by atoms with E-state index in [4.69, 9.17) is 16.0 Å². The van der Waals surface area contributed by atoms with Gasteiger partial charge in [-0.1, -0.05) is 35.4 Å². The predicted octanol–water partition coefficient (Wildman–Crippen LogP) is 5.69. The van der Waals surface area contributed by atoms with E-state index < -0.39 is 0 Å². The van der Waals surface area contributed by atoms with Crippen LogP contribution in [0.15, 0.2) is 71.1 Å². The third-order valence-corrected chi connectivity index (χ3v) is 4.30. The minimum Gasteiger partial charge on any atom is -0.436 e. The molecule has 0 aliphatic rings. The van der Waals surface area contributed by atoms with Gasteiger partial charge in [0.15, 0.2) is 11.4 Å². The summed E-state index contributed by atoms with van der Waals surface area (Å²) in [5, 5.41) is 0.597. The van der Waals surface area contributed by atoms with Crippen LogP contribution in [0.3, 0.4) is 0 Å². The third-order valence-electron chi connectivity index (χ3n) is 4.05. The van der Waals surface area contributed by atoms with Crippen molar-refractivity contribution in [3.8, 4) is 11.5 Å². The van der Waals surface area contributed by atoms with Crippen LogP contribution in [0.4, 0.5) is 0 Å². The maximum absolute atomic E-state index is 13.0. The molecule has 0 spiro atoms. The Hall–Kier alpha value is -2.91. The van der Waals surface area contributed by atoms with E-state index in [1.54, 1.807) is 24.3 Å². The smallest absolute Gasteiger partial charge is 0.228 e. The first-order valence-electron chi connectivity index (χ1n) is 7.89. The molecule has 4 heteroatoms. The molecular weight excluding hydrogens is 334 g/mol. The highest BCUT2D eigenvalue weighted by atomic mass is 35.5. The molecular formula is C21H14ClNO2. The first kappa shape index (κ1) is 15.6. The number of aromatic nitrogens is 1. The van der Waals surface area contributed by atoms with Crippen molar-refractivity contribution in [1.29, 1.82) is 0 Å². The molecule has 3 aromatic carbocycles. The average Bonchev–Trinajstić information content (AvgIpc) is 3.05. The summed E-state index contributed by atoms with van der Waals surface area (Å²) in [6, 6.07) is 20.1. The Morgan fingerprint density at radius 1 is 1.00 bits per heavy atom. The lowest BCUT2D eigenvalue weighted by Crippen LogP contribution is -2.04. The molecule has 0 aliphatic heterocycles. The van der Waals surface area contributed by atoms with E-state index in [9.17, 15) is 4.79 Å². The van der Waals surface area contributed by atoms with Crippen LogP contribution in [0.2, 0.25) is 5.02 Å². The quantitative estimate of drug-likeness (QED) is 0.447. The molecule has 0 fully saturated rings. The van der Waals surface area contributed by atoms with E-state index in [1.807, 2.05) is 49.4 Å². The van der Waals surface area contributed by atoms with Crippen molar-refractivity contribution >= 4 is 28.5 Å². The molecule has 0 amide bonds. The van der Waals surface area contributed by atoms with Crippen molar-refractivity contribution in [2.24, 2.45) is 0 Å². The van der Waals surface area contributed by atoms with Crippen LogP contribution in [0.1, 0.15) is 21.5 Å². The highest BCUT2D eigenvalue weighted by molar-refractivity contribution is 6.30. The number of nitrogens with zero attached hydrogens (tertiary/aromatic N) is 1. The van der Waals surface area contributed by atoms with Gasteiger partial charge in [0, 0.05) is 21.7 Å². The number of benzene rings is 3. The summed E-state index contributed by atoms with van der Waals surface area (Å²) in [7, 11) is 0. The van der Waals surface area contributed by atoms with Crippen LogP contribution in [0.25, 0.3) is 22.6 Å². The van der Waals surface area contributed by atoms with E-state index in [1.165, 1.54) is 0 Å². The topological polar surface area (TPSA) is 43.1 Å². The number of carbonyl (C=O) groups excluding carboxylic acids is 1. The molecule has 0 N–H and O–H groups in total. The number of ketones is 1. The SMILES string of the molecule is Cc1ccc(-c2nc3ccccc3o2)c(C(=O)c2ccc(Cl)cc2)c1. The van der Waals surface area contributed by atoms with Gasteiger partial charge in [0.25, 0.3) is 0 Å². The fourth-order valence-electron chi connectivity index (χ4n) is 2.78. The Bertz CT molecular complexity index is 1050. The van der Waals surface area contributed by atoms with Crippen LogP contribution in [0, 0.1) is 6.92 Å². The Morgan fingerprint density at radius 2 is 1.76 bits per heavy atom. The molecule has 25 heavy (non-hydrogen) atoms. The summed E-state index contributed by atoms with van der Waals surface area (Å²) in [5.74, 6) is 0.358. The van der Waals surface area contributed by atoms with Gasteiger partial charge in [-0.3, -0.25) is 4.79 Å². The molecule has 1 aromatic heterocycles. The summed E-state index contributed by atoms with van der Waals surface area (Å²) in [4.78, 5) is 17.5. The Balaban J connectivity index is 1.86. The van der Waals surface area contributed by atoms with Gasteiger partial charge in [0.1, 0.15) is 5.52 Å². The number of halogens is 1.